The predicted molar refractivity (Wildman–Crippen MR) is 106 cm³/mol. The average Bonchev–Trinajstić information content (AvgIpc) is 3.04. The summed E-state index contributed by atoms with van der Waals surface area (Å²) >= 11 is 7.34. The summed E-state index contributed by atoms with van der Waals surface area (Å²) in [4.78, 5) is 16.5. The van der Waals surface area contributed by atoms with E-state index in [-0.39, 0.29) is 5.91 Å². The number of aryl methyl sites for hydroxylation is 2. The zero-order chi connectivity index (χ0) is 17.8. The van der Waals surface area contributed by atoms with Crippen molar-refractivity contribution in [2.45, 2.75) is 13.8 Å². The lowest BCUT2D eigenvalue weighted by Crippen LogP contribution is -2.07. The molecule has 3 aromatic rings. The van der Waals surface area contributed by atoms with Crippen LogP contribution in [-0.2, 0) is 4.79 Å². The molecule has 0 fully saturated rings. The highest BCUT2D eigenvalue weighted by Gasteiger charge is 2.07. The monoisotopic (exact) mass is 368 g/mol. The molecule has 2 aromatic carbocycles. The van der Waals surface area contributed by atoms with E-state index in [1.807, 2.05) is 23.6 Å². The van der Waals surface area contributed by atoms with E-state index in [0.29, 0.717) is 10.2 Å². The average molecular weight is 369 g/mol. The van der Waals surface area contributed by atoms with Gasteiger partial charge in [-0.2, -0.15) is 0 Å². The molecule has 5 heteroatoms. The van der Waals surface area contributed by atoms with E-state index in [4.69, 9.17) is 11.6 Å². The number of benzene rings is 2. The van der Waals surface area contributed by atoms with Gasteiger partial charge < -0.3 is 0 Å². The van der Waals surface area contributed by atoms with Crippen molar-refractivity contribution in [1.82, 2.24) is 4.98 Å². The number of hydrogen-bond acceptors (Lipinski definition) is 3. The van der Waals surface area contributed by atoms with Crippen LogP contribution >= 0.6 is 22.9 Å². The second-order valence-electron chi connectivity index (χ2n) is 5.71. The van der Waals surface area contributed by atoms with Crippen LogP contribution in [0.2, 0.25) is 5.02 Å². The van der Waals surface area contributed by atoms with Crippen LogP contribution in [0.25, 0.3) is 17.3 Å². The summed E-state index contributed by atoms with van der Waals surface area (Å²) in [5.41, 5.74) is 5.26. The summed E-state index contributed by atoms with van der Waals surface area (Å²) in [6, 6.07) is 13.6. The number of thiazole rings is 1. The van der Waals surface area contributed by atoms with Crippen LogP contribution in [0.3, 0.4) is 0 Å². The van der Waals surface area contributed by atoms with Crippen molar-refractivity contribution in [2.75, 3.05) is 5.32 Å². The Kier molecular flexibility index (Phi) is 5.31. The summed E-state index contributed by atoms with van der Waals surface area (Å²) in [7, 11) is 0. The SMILES string of the molecule is Cc1ccc(-c2csc(NC(=O)/C=C/c3cccc(Cl)c3)n2)cc1C. The van der Waals surface area contributed by atoms with Crippen LogP contribution in [0.15, 0.2) is 53.9 Å². The number of amides is 1. The zero-order valence-corrected chi connectivity index (χ0v) is 15.5. The fourth-order valence-electron chi connectivity index (χ4n) is 2.29. The number of hydrogen-bond donors (Lipinski definition) is 1. The van der Waals surface area contributed by atoms with E-state index >= 15 is 0 Å². The van der Waals surface area contributed by atoms with Gasteiger partial charge in [-0.05, 0) is 54.8 Å². The van der Waals surface area contributed by atoms with Crippen molar-refractivity contribution in [2.24, 2.45) is 0 Å². The molecule has 0 spiro atoms. The van der Waals surface area contributed by atoms with Gasteiger partial charge in [0.25, 0.3) is 0 Å². The molecule has 1 N–H and O–H groups in total. The summed E-state index contributed by atoms with van der Waals surface area (Å²) in [5, 5.41) is 5.95. The Morgan fingerprint density at radius 3 is 2.76 bits per heavy atom. The highest BCUT2D eigenvalue weighted by molar-refractivity contribution is 7.14. The lowest BCUT2D eigenvalue weighted by atomic mass is 10.1. The summed E-state index contributed by atoms with van der Waals surface area (Å²) < 4.78 is 0. The number of carbonyl (C=O) groups excluding carboxylic acids is 1. The first-order valence-electron chi connectivity index (χ1n) is 7.79. The lowest BCUT2D eigenvalue weighted by molar-refractivity contribution is -0.111. The molecule has 0 saturated heterocycles. The smallest absolute Gasteiger partial charge is 0.250 e. The Morgan fingerprint density at radius 2 is 2.00 bits per heavy atom. The molecule has 3 rings (SSSR count). The van der Waals surface area contributed by atoms with E-state index < -0.39 is 0 Å². The lowest BCUT2D eigenvalue weighted by Gasteiger charge is -2.02. The molecule has 1 amide bonds. The molecule has 0 saturated carbocycles. The molecule has 3 nitrogen and oxygen atoms in total. The van der Waals surface area contributed by atoms with Gasteiger partial charge in [0.2, 0.25) is 5.91 Å². The van der Waals surface area contributed by atoms with Crippen molar-refractivity contribution in [3.05, 3.63) is 75.6 Å². The van der Waals surface area contributed by atoms with Gasteiger partial charge in [-0.15, -0.1) is 11.3 Å². The topological polar surface area (TPSA) is 42.0 Å². The Bertz CT molecular complexity index is 946. The van der Waals surface area contributed by atoms with Gasteiger partial charge in [0.15, 0.2) is 5.13 Å². The van der Waals surface area contributed by atoms with Crippen LogP contribution in [0, 0.1) is 13.8 Å². The first kappa shape index (κ1) is 17.4. The highest BCUT2D eigenvalue weighted by atomic mass is 35.5. The van der Waals surface area contributed by atoms with Crippen LogP contribution in [0.5, 0.6) is 0 Å². The Labute approximate surface area is 156 Å². The van der Waals surface area contributed by atoms with E-state index in [9.17, 15) is 4.79 Å². The van der Waals surface area contributed by atoms with E-state index in [0.717, 1.165) is 16.8 Å². The number of aromatic nitrogens is 1. The fourth-order valence-corrected chi connectivity index (χ4v) is 3.22. The van der Waals surface area contributed by atoms with Crippen LogP contribution in [0.4, 0.5) is 5.13 Å². The molecule has 0 aliphatic rings. The van der Waals surface area contributed by atoms with E-state index in [1.165, 1.54) is 28.5 Å². The number of rotatable bonds is 4. The number of halogens is 1. The Morgan fingerprint density at radius 1 is 1.16 bits per heavy atom. The molecule has 0 aliphatic heterocycles. The minimum absolute atomic E-state index is 0.221. The number of anilines is 1. The van der Waals surface area contributed by atoms with Gasteiger partial charge in [-0.25, -0.2) is 4.98 Å². The third kappa shape index (κ3) is 4.56. The van der Waals surface area contributed by atoms with Crippen molar-refractivity contribution < 1.29 is 4.79 Å². The number of carbonyl (C=O) groups is 1. The van der Waals surface area contributed by atoms with Crippen molar-refractivity contribution in [1.29, 1.82) is 0 Å². The molecule has 0 atom stereocenters. The second-order valence-corrected chi connectivity index (χ2v) is 7.01. The number of nitrogens with one attached hydrogen (secondary N) is 1. The third-order valence-corrected chi connectivity index (χ3v) is 4.81. The Balaban J connectivity index is 1.68. The minimum atomic E-state index is -0.221. The van der Waals surface area contributed by atoms with Crippen LogP contribution in [0.1, 0.15) is 16.7 Å². The molecule has 0 bridgehead atoms. The Hall–Kier alpha value is -2.43. The van der Waals surface area contributed by atoms with Crippen molar-refractivity contribution in [3.63, 3.8) is 0 Å². The van der Waals surface area contributed by atoms with Gasteiger partial charge in [-0.3, -0.25) is 10.1 Å². The molecule has 0 unspecified atom stereocenters. The molecule has 0 aliphatic carbocycles. The maximum Gasteiger partial charge on any atom is 0.250 e. The van der Waals surface area contributed by atoms with Gasteiger partial charge in [0.05, 0.1) is 5.69 Å². The maximum atomic E-state index is 12.1. The molecule has 1 aromatic heterocycles. The molecule has 126 valence electrons. The molecule has 1 heterocycles. The molecular formula is C20H17ClN2OS. The first-order chi connectivity index (χ1) is 12.0. The second kappa shape index (κ2) is 7.64. The summed E-state index contributed by atoms with van der Waals surface area (Å²) in [6.45, 7) is 4.16. The normalized spacial score (nSPS) is 11.0. The summed E-state index contributed by atoms with van der Waals surface area (Å²) in [5.74, 6) is -0.221. The third-order valence-electron chi connectivity index (χ3n) is 3.81. The van der Waals surface area contributed by atoms with Crippen LogP contribution < -0.4 is 5.32 Å². The minimum Gasteiger partial charge on any atom is -0.298 e. The van der Waals surface area contributed by atoms with Gasteiger partial charge in [0.1, 0.15) is 0 Å². The zero-order valence-electron chi connectivity index (χ0n) is 13.9. The first-order valence-corrected chi connectivity index (χ1v) is 9.05. The largest absolute Gasteiger partial charge is 0.298 e. The van der Waals surface area contributed by atoms with Crippen molar-refractivity contribution >= 4 is 40.1 Å². The molecule has 0 radical (unpaired) electrons. The van der Waals surface area contributed by atoms with Gasteiger partial charge in [0, 0.05) is 22.0 Å². The van der Waals surface area contributed by atoms with E-state index in [1.54, 1.807) is 18.2 Å². The quantitative estimate of drug-likeness (QED) is 0.597. The fraction of sp³-hybridized carbons (Fsp3) is 0.100. The summed E-state index contributed by atoms with van der Waals surface area (Å²) in [6.07, 6.45) is 3.20. The molecular weight excluding hydrogens is 352 g/mol. The van der Waals surface area contributed by atoms with E-state index in [2.05, 4.69) is 36.3 Å². The number of nitrogens with zero attached hydrogens (tertiary/aromatic N) is 1. The van der Waals surface area contributed by atoms with Gasteiger partial charge in [-0.1, -0.05) is 35.9 Å². The van der Waals surface area contributed by atoms with Crippen molar-refractivity contribution in [3.8, 4) is 11.3 Å². The highest BCUT2D eigenvalue weighted by Crippen LogP contribution is 2.26. The standard InChI is InChI=1S/C20H17ClN2OS/c1-13-6-8-16(10-14(13)2)18-12-25-20(22-18)23-19(24)9-7-15-4-3-5-17(21)11-15/h3-12H,1-2H3,(H,22,23,24)/b9-7+. The molecule has 25 heavy (non-hydrogen) atoms. The predicted octanol–water partition coefficient (Wildman–Crippen LogP) is 5.73. The van der Waals surface area contributed by atoms with Crippen LogP contribution in [-0.4, -0.2) is 10.9 Å². The maximum absolute atomic E-state index is 12.1. The van der Waals surface area contributed by atoms with Gasteiger partial charge >= 0.3 is 0 Å².